The third kappa shape index (κ3) is 3.36. The molecule has 1 aromatic rings. The molecule has 0 radical (unpaired) electrons. The number of carboxylic acid groups (broad SMARTS) is 1. The van der Waals surface area contributed by atoms with Gasteiger partial charge in [-0.15, -0.1) is 0 Å². The van der Waals surface area contributed by atoms with E-state index in [9.17, 15) is 26.7 Å². The van der Waals surface area contributed by atoms with Gasteiger partial charge in [0.15, 0.2) is 0 Å². The van der Waals surface area contributed by atoms with Gasteiger partial charge in [0.05, 0.1) is 6.42 Å². The molecular formula is C9H6F5NO2. The molecule has 0 aliphatic rings. The van der Waals surface area contributed by atoms with E-state index in [1.165, 1.54) is 0 Å². The third-order valence-electron chi connectivity index (χ3n) is 1.89. The summed E-state index contributed by atoms with van der Waals surface area (Å²) < 4.78 is 61.5. The molecule has 94 valence electrons. The van der Waals surface area contributed by atoms with Gasteiger partial charge in [-0.1, -0.05) is 0 Å². The monoisotopic (exact) mass is 255 g/mol. The first kappa shape index (κ1) is 13.3. The van der Waals surface area contributed by atoms with E-state index < -0.39 is 41.8 Å². The van der Waals surface area contributed by atoms with Gasteiger partial charge in [0.2, 0.25) is 0 Å². The number of nitrogens with zero attached hydrogens (tertiary/aromatic N) is 1. The molecule has 1 N–H and O–H groups in total. The minimum atomic E-state index is -4.80. The number of carbonyl (C=O) groups is 1. The first-order valence-electron chi connectivity index (χ1n) is 4.27. The van der Waals surface area contributed by atoms with Crippen molar-refractivity contribution in [3.05, 3.63) is 29.1 Å². The predicted octanol–water partition coefficient (Wildman–Crippen LogP) is 2.67. The number of hydrogen-bond donors (Lipinski definition) is 1. The Morgan fingerprint density at radius 1 is 1.41 bits per heavy atom. The van der Waals surface area contributed by atoms with Crippen LogP contribution in [0.15, 0.2) is 12.3 Å². The van der Waals surface area contributed by atoms with Gasteiger partial charge in [-0.25, -0.2) is 8.78 Å². The Hall–Kier alpha value is -1.73. The summed E-state index contributed by atoms with van der Waals surface area (Å²) >= 11 is 0. The number of pyridine rings is 1. The predicted molar refractivity (Wildman–Crippen MR) is 45.5 cm³/mol. The highest BCUT2D eigenvalue weighted by atomic mass is 19.4. The van der Waals surface area contributed by atoms with Crippen molar-refractivity contribution < 1.29 is 31.9 Å². The lowest BCUT2D eigenvalue weighted by Gasteiger charge is -2.10. The van der Waals surface area contributed by atoms with Crippen molar-refractivity contribution >= 4 is 5.97 Å². The van der Waals surface area contributed by atoms with Crippen molar-refractivity contribution in [3.8, 4) is 0 Å². The molecule has 0 aliphatic heterocycles. The average Bonchev–Trinajstić information content (AvgIpc) is 2.14. The highest BCUT2D eigenvalue weighted by Gasteiger charge is 2.33. The molecule has 1 aromatic heterocycles. The fourth-order valence-corrected chi connectivity index (χ4v) is 1.18. The van der Waals surface area contributed by atoms with Crippen molar-refractivity contribution in [2.75, 3.05) is 0 Å². The minimum Gasteiger partial charge on any atom is -0.481 e. The fourth-order valence-electron chi connectivity index (χ4n) is 1.18. The van der Waals surface area contributed by atoms with Crippen LogP contribution in [0.4, 0.5) is 22.0 Å². The van der Waals surface area contributed by atoms with E-state index in [0.29, 0.717) is 12.3 Å². The molecule has 1 heterocycles. The Morgan fingerprint density at radius 2 is 2.00 bits per heavy atom. The van der Waals surface area contributed by atoms with E-state index in [4.69, 9.17) is 5.11 Å². The molecule has 0 saturated heterocycles. The maximum atomic E-state index is 12.4. The second kappa shape index (κ2) is 4.64. The lowest BCUT2D eigenvalue weighted by molar-refractivity contribution is -0.141. The number of aliphatic carboxylic acids is 1. The molecular weight excluding hydrogens is 249 g/mol. The maximum absolute atomic E-state index is 12.4. The third-order valence-corrected chi connectivity index (χ3v) is 1.89. The molecule has 0 aliphatic carbocycles. The molecule has 3 nitrogen and oxygen atoms in total. The van der Waals surface area contributed by atoms with Gasteiger partial charge in [0, 0.05) is 11.8 Å². The van der Waals surface area contributed by atoms with Crippen molar-refractivity contribution in [2.24, 2.45) is 0 Å². The zero-order valence-electron chi connectivity index (χ0n) is 8.13. The van der Waals surface area contributed by atoms with Gasteiger partial charge in [-0.05, 0) is 11.6 Å². The van der Waals surface area contributed by atoms with Crippen molar-refractivity contribution in [2.45, 2.75) is 19.0 Å². The SMILES string of the molecule is O=C(O)Cc1cc(C(F)(F)F)ncc1C(F)F. The lowest BCUT2D eigenvalue weighted by atomic mass is 10.1. The van der Waals surface area contributed by atoms with Gasteiger partial charge in [-0.3, -0.25) is 9.78 Å². The van der Waals surface area contributed by atoms with Crippen LogP contribution >= 0.6 is 0 Å². The molecule has 1 rings (SSSR count). The summed E-state index contributed by atoms with van der Waals surface area (Å²) in [6.07, 6.45) is -8.43. The fraction of sp³-hybridized carbons (Fsp3) is 0.333. The number of hydrogen-bond acceptors (Lipinski definition) is 2. The molecule has 0 fully saturated rings. The summed E-state index contributed by atoms with van der Waals surface area (Å²) in [5.74, 6) is -1.49. The average molecular weight is 255 g/mol. The van der Waals surface area contributed by atoms with Crippen molar-refractivity contribution in [1.29, 1.82) is 0 Å². The van der Waals surface area contributed by atoms with E-state index in [2.05, 4.69) is 4.98 Å². The Bertz CT molecular complexity index is 430. The summed E-state index contributed by atoms with van der Waals surface area (Å²) in [5, 5.41) is 8.42. The van der Waals surface area contributed by atoms with Crippen LogP contribution in [0.2, 0.25) is 0 Å². The minimum absolute atomic E-state index is 0.329. The standard InChI is InChI=1S/C9H6F5NO2/c10-8(11)5-3-15-6(9(12,13)14)1-4(5)2-7(16)17/h1,3,8H,2H2,(H,16,17). The molecule has 0 amide bonds. The highest BCUT2D eigenvalue weighted by Crippen LogP contribution is 2.31. The van der Waals surface area contributed by atoms with E-state index in [0.717, 1.165) is 0 Å². The van der Waals surface area contributed by atoms with Crippen LogP contribution < -0.4 is 0 Å². The van der Waals surface area contributed by atoms with Crippen LogP contribution in [0.3, 0.4) is 0 Å². The second-order valence-electron chi connectivity index (χ2n) is 3.14. The Labute approximate surface area is 91.9 Å². The number of carboxylic acids is 1. The topological polar surface area (TPSA) is 50.2 Å². The Balaban J connectivity index is 3.24. The molecule has 8 heteroatoms. The van der Waals surface area contributed by atoms with Crippen LogP contribution in [-0.2, 0) is 17.4 Å². The van der Waals surface area contributed by atoms with Gasteiger partial charge < -0.3 is 5.11 Å². The molecule has 0 saturated carbocycles. The zero-order chi connectivity index (χ0) is 13.2. The van der Waals surface area contributed by atoms with E-state index in [1.54, 1.807) is 0 Å². The number of rotatable bonds is 3. The van der Waals surface area contributed by atoms with Gasteiger partial charge >= 0.3 is 12.1 Å². The van der Waals surface area contributed by atoms with E-state index in [1.807, 2.05) is 0 Å². The summed E-state index contributed by atoms with van der Waals surface area (Å²) in [6.45, 7) is 0. The highest BCUT2D eigenvalue weighted by molar-refractivity contribution is 5.70. The van der Waals surface area contributed by atoms with Crippen molar-refractivity contribution in [3.63, 3.8) is 0 Å². The summed E-state index contributed by atoms with van der Waals surface area (Å²) in [4.78, 5) is 13.2. The maximum Gasteiger partial charge on any atom is 0.433 e. The number of alkyl halides is 5. The number of aromatic nitrogens is 1. The normalized spacial score (nSPS) is 11.9. The van der Waals surface area contributed by atoms with Gasteiger partial charge in [0.1, 0.15) is 5.69 Å². The largest absolute Gasteiger partial charge is 0.481 e. The summed E-state index contributed by atoms with van der Waals surface area (Å²) in [5.41, 5.74) is -2.78. The summed E-state index contributed by atoms with van der Waals surface area (Å²) in [6, 6.07) is 0.329. The van der Waals surface area contributed by atoms with Gasteiger partial charge in [-0.2, -0.15) is 13.2 Å². The lowest BCUT2D eigenvalue weighted by Crippen LogP contribution is -2.12. The quantitative estimate of drug-likeness (QED) is 0.845. The van der Waals surface area contributed by atoms with E-state index in [-0.39, 0.29) is 0 Å². The number of halogens is 5. The first-order chi connectivity index (χ1) is 7.71. The molecule has 0 bridgehead atoms. The molecule has 0 aromatic carbocycles. The molecule has 0 atom stereocenters. The second-order valence-corrected chi connectivity index (χ2v) is 3.14. The Morgan fingerprint density at radius 3 is 2.41 bits per heavy atom. The first-order valence-corrected chi connectivity index (χ1v) is 4.27. The van der Waals surface area contributed by atoms with Crippen LogP contribution in [0, 0.1) is 0 Å². The van der Waals surface area contributed by atoms with Crippen LogP contribution in [0.25, 0.3) is 0 Å². The Kier molecular flexibility index (Phi) is 3.64. The van der Waals surface area contributed by atoms with Crippen molar-refractivity contribution in [1.82, 2.24) is 4.98 Å². The van der Waals surface area contributed by atoms with Gasteiger partial charge in [0.25, 0.3) is 6.43 Å². The molecule has 0 unspecified atom stereocenters. The van der Waals surface area contributed by atoms with Crippen LogP contribution in [0.1, 0.15) is 23.2 Å². The zero-order valence-corrected chi connectivity index (χ0v) is 8.13. The molecule has 17 heavy (non-hydrogen) atoms. The van der Waals surface area contributed by atoms with Crippen LogP contribution in [-0.4, -0.2) is 16.1 Å². The smallest absolute Gasteiger partial charge is 0.433 e. The summed E-state index contributed by atoms with van der Waals surface area (Å²) in [7, 11) is 0. The van der Waals surface area contributed by atoms with Crippen LogP contribution in [0.5, 0.6) is 0 Å². The van der Waals surface area contributed by atoms with E-state index >= 15 is 0 Å². The molecule has 0 spiro atoms.